The fourth-order valence-corrected chi connectivity index (χ4v) is 1.36. The molecule has 0 amide bonds. The SMILES string of the molecule is C=C1CCC[C@@]1(C)CO. The van der Waals surface area contributed by atoms with Gasteiger partial charge >= 0.3 is 0 Å². The highest BCUT2D eigenvalue weighted by Gasteiger charge is 2.30. The van der Waals surface area contributed by atoms with Gasteiger partial charge in [-0.2, -0.15) is 0 Å². The van der Waals surface area contributed by atoms with Crippen LogP contribution >= 0.6 is 0 Å². The van der Waals surface area contributed by atoms with Crippen LogP contribution in [0.3, 0.4) is 0 Å². The Hall–Kier alpha value is -0.300. The molecular weight excluding hydrogens is 112 g/mol. The molecule has 1 nitrogen and oxygen atoms in total. The van der Waals surface area contributed by atoms with Crippen molar-refractivity contribution in [1.82, 2.24) is 0 Å². The summed E-state index contributed by atoms with van der Waals surface area (Å²) in [6, 6.07) is 0. The zero-order valence-corrected chi connectivity index (χ0v) is 5.98. The minimum atomic E-state index is 0.0556. The normalized spacial score (nSPS) is 35.6. The molecule has 0 saturated heterocycles. The lowest BCUT2D eigenvalue weighted by atomic mass is 9.87. The summed E-state index contributed by atoms with van der Waals surface area (Å²) < 4.78 is 0. The van der Waals surface area contributed by atoms with Crippen molar-refractivity contribution >= 4 is 0 Å². The molecule has 0 unspecified atom stereocenters. The van der Waals surface area contributed by atoms with E-state index in [1.165, 1.54) is 12.0 Å². The van der Waals surface area contributed by atoms with Crippen molar-refractivity contribution in [3.8, 4) is 0 Å². The Morgan fingerprint density at radius 1 is 1.78 bits per heavy atom. The summed E-state index contributed by atoms with van der Waals surface area (Å²) >= 11 is 0. The third-order valence-electron chi connectivity index (χ3n) is 2.41. The van der Waals surface area contributed by atoms with E-state index in [4.69, 9.17) is 5.11 Å². The van der Waals surface area contributed by atoms with Gasteiger partial charge in [-0.3, -0.25) is 0 Å². The molecule has 1 rings (SSSR count). The molecule has 0 aromatic rings. The van der Waals surface area contributed by atoms with Crippen molar-refractivity contribution in [1.29, 1.82) is 0 Å². The van der Waals surface area contributed by atoms with Gasteiger partial charge in [0.1, 0.15) is 0 Å². The maximum Gasteiger partial charge on any atom is 0.0521 e. The summed E-state index contributed by atoms with van der Waals surface area (Å²) in [5.74, 6) is 0. The van der Waals surface area contributed by atoms with Gasteiger partial charge in [0.05, 0.1) is 6.61 Å². The highest BCUT2D eigenvalue weighted by atomic mass is 16.3. The van der Waals surface area contributed by atoms with Gasteiger partial charge in [0.2, 0.25) is 0 Å². The number of hydrogen-bond acceptors (Lipinski definition) is 1. The molecule has 0 radical (unpaired) electrons. The predicted molar refractivity (Wildman–Crippen MR) is 38.2 cm³/mol. The molecule has 1 aliphatic rings. The first kappa shape index (κ1) is 6.81. The molecule has 0 heterocycles. The minimum Gasteiger partial charge on any atom is -0.395 e. The van der Waals surface area contributed by atoms with E-state index in [9.17, 15) is 0 Å². The minimum absolute atomic E-state index is 0.0556. The van der Waals surface area contributed by atoms with Gasteiger partial charge in [-0.15, -0.1) is 0 Å². The third kappa shape index (κ3) is 1.01. The number of hydrogen-bond donors (Lipinski definition) is 1. The lowest BCUT2D eigenvalue weighted by Gasteiger charge is -2.21. The van der Waals surface area contributed by atoms with Gasteiger partial charge in [0.15, 0.2) is 0 Å². The topological polar surface area (TPSA) is 20.2 Å². The monoisotopic (exact) mass is 126 g/mol. The second kappa shape index (κ2) is 2.14. The molecule has 0 spiro atoms. The van der Waals surface area contributed by atoms with Gasteiger partial charge in [0.25, 0.3) is 0 Å². The van der Waals surface area contributed by atoms with E-state index in [2.05, 4.69) is 13.5 Å². The molecule has 9 heavy (non-hydrogen) atoms. The Labute approximate surface area is 56.4 Å². The van der Waals surface area contributed by atoms with E-state index in [1.54, 1.807) is 0 Å². The van der Waals surface area contributed by atoms with Gasteiger partial charge in [0, 0.05) is 5.41 Å². The number of aliphatic hydroxyl groups is 1. The summed E-state index contributed by atoms with van der Waals surface area (Å²) in [5.41, 5.74) is 1.28. The van der Waals surface area contributed by atoms with Crippen LogP contribution < -0.4 is 0 Å². The molecule has 0 bridgehead atoms. The van der Waals surface area contributed by atoms with Crippen LogP contribution in [0.2, 0.25) is 0 Å². The van der Waals surface area contributed by atoms with Crippen molar-refractivity contribution in [3.63, 3.8) is 0 Å². The fraction of sp³-hybridized carbons (Fsp3) is 0.750. The smallest absolute Gasteiger partial charge is 0.0521 e. The van der Waals surface area contributed by atoms with Crippen LogP contribution in [0.25, 0.3) is 0 Å². The molecular formula is C8H14O. The quantitative estimate of drug-likeness (QED) is 0.530. The Morgan fingerprint density at radius 2 is 2.44 bits per heavy atom. The van der Waals surface area contributed by atoms with Crippen LogP contribution in [0.1, 0.15) is 26.2 Å². The molecule has 1 atom stereocenters. The molecule has 1 N–H and O–H groups in total. The highest BCUT2D eigenvalue weighted by molar-refractivity contribution is 5.13. The predicted octanol–water partition coefficient (Wildman–Crippen LogP) is 1.73. The maximum atomic E-state index is 8.93. The summed E-state index contributed by atoms with van der Waals surface area (Å²) in [4.78, 5) is 0. The van der Waals surface area contributed by atoms with Crippen LogP contribution in [0.15, 0.2) is 12.2 Å². The van der Waals surface area contributed by atoms with Crippen LogP contribution in [0, 0.1) is 5.41 Å². The zero-order valence-electron chi connectivity index (χ0n) is 5.98. The van der Waals surface area contributed by atoms with Crippen molar-refractivity contribution < 1.29 is 5.11 Å². The fourth-order valence-electron chi connectivity index (χ4n) is 1.36. The molecule has 0 aromatic heterocycles. The lowest BCUT2D eigenvalue weighted by Crippen LogP contribution is -2.17. The van der Waals surface area contributed by atoms with Gasteiger partial charge in [-0.1, -0.05) is 19.1 Å². The van der Waals surface area contributed by atoms with E-state index in [-0.39, 0.29) is 12.0 Å². The molecule has 1 aliphatic carbocycles. The van der Waals surface area contributed by atoms with Crippen molar-refractivity contribution in [2.75, 3.05) is 6.61 Å². The summed E-state index contributed by atoms with van der Waals surface area (Å²) in [7, 11) is 0. The molecule has 52 valence electrons. The van der Waals surface area contributed by atoms with Crippen LogP contribution in [-0.2, 0) is 0 Å². The van der Waals surface area contributed by atoms with Crippen molar-refractivity contribution in [3.05, 3.63) is 12.2 Å². The van der Waals surface area contributed by atoms with E-state index < -0.39 is 0 Å². The van der Waals surface area contributed by atoms with Crippen LogP contribution in [0.5, 0.6) is 0 Å². The Balaban J connectivity index is 2.67. The average Bonchev–Trinajstić information content (AvgIpc) is 2.15. The van der Waals surface area contributed by atoms with Crippen molar-refractivity contribution in [2.24, 2.45) is 5.41 Å². The second-order valence-corrected chi connectivity index (χ2v) is 3.18. The maximum absolute atomic E-state index is 8.93. The first-order chi connectivity index (χ1) is 4.19. The van der Waals surface area contributed by atoms with E-state index >= 15 is 0 Å². The van der Waals surface area contributed by atoms with E-state index in [0.29, 0.717) is 0 Å². The lowest BCUT2D eigenvalue weighted by molar-refractivity contribution is 0.179. The van der Waals surface area contributed by atoms with Gasteiger partial charge < -0.3 is 5.11 Å². The molecule has 0 aliphatic heterocycles. The summed E-state index contributed by atoms with van der Waals surface area (Å²) in [5, 5.41) is 8.93. The summed E-state index contributed by atoms with van der Waals surface area (Å²) in [6.45, 7) is 6.27. The Bertz CT molecular complexity index is 129. The number of aliphatic hydroxyl groups excluding tert-OH is 1. The third-order valence-corrected chi connectivity index (χ3v) is 2.41. The second-order valence-electron chi connectivity index (χ2n) is 3.18. The first-order valence-electron chi connectivity index (χ1n) is 3.48. The van der Waals surface area contributed by atoms with Crippen LogP contribution in [-0.4, -0.2) is 11.7 Å². The van der Waals surface area contributed by atoms with Crippen LogP contribution in [0.4, 0.5) is 0 Å². The average molecular weight is 126 g/mol. The molecule has 1 heteroatoms. The first-order valence-corrected chi connectivity index (χ1v) is 3.48. The van der Waals surface area contributed by atoms with Gasteiger partial charge in [-0.25, -0.2) is 0 Å². The molecule has 0 aromatic carbocycles. The standard InChI is InChI=1S/C8H14O/c1-7-4-3-5-8(7,2)6-9/h9H,1,3-6H2,2H3/t8-/m0/s1. The molecule has 1 fully saturated rings. The largest absolute Gasteiger partial charge is 0.395 e. The Morgan fingerprint density at radius 3 is 2.67 bits per heavy atom. The van der Waals surface area contributed by atoms with Crippen molar-refractivity contribution in [2.45, 2.75) is 26.2 Å². The number of rotatable bonds is 1. The molecule has 1 saturated carbocycles. The van der Waals surface area contributed by atoms with Gasteiger partial charge in [-0.05, 0) is 19.3 Å². The Kier molecular flexibility index (Phi) is 1.62. The van der Waals surface area contributed by atoms with E-state index in [1.807, 2.05) is 0 Å². The van der Waals surface area contributed by atoms with E-state index in [0.717, 1.165) is 12.8 Å². The zero-order chi connectivity index (χ0) is 6.91. The summed E-state index contributed by atoms with van der Waals surface area (Å²) in [6.07, 6.45) is 3.43. The highest BCUT2D eigenvalue weighted by Crippen LogP contribution is 2.40.